The third kappa shape index (κ3) is 4.62. The Hall–Kier alpha value is 0.130. The minimum atomic E-state index is -0.934. The maximum Gasteiger partial charge on any atom is 0.321 e. The van der Waals surface area contributed by atoms with Crippen LogP contribution in [0.1, 0.15) is 0 Å². The van der Waals surface area contributed by atoms with Crippen LogP contribution in [0.4, 0.5) is 0 Å². The SMILES string of the molecule is CSSC[C@H](N)C(=O)O. The zero-order chi connectivity index (χ0) is 7.28. The lowest BCUT2D eigenvalue weighted by atomic mass is 10.4. The molecule has 0 aromatic carbocycles. The fourth-order valence-corrected chi connectivity index (χ4v) is 1.49. The second-order valence-corrected chi connectivity index (χ2v) is 4.01. The summed E-state index contributed by atoms with van der Waals surface area (Å²) in [6.07, 6.45) is 1.89. The Kier molecular flexibility index (Phi) is 5.03. The van der Waals surface area contributed by atoms with E-state index in [0.717, 1.165) is 0 Å². The van der Waals surface area contributed by atoms with E-state index in [0.29, 0.717) is 5.75 Å². The van der Waals surface area contributed by atoms with Crippen molar-refractivity contribution < 1.29 is 9.90 Å². The number of hydrogen-bond acceptors (Lipinski definition) is 4. The van der Waals surface area contributed by atoms with Crippen molar-refractivity contribution in [2.45, 2.75) is 6.04 Å². The summed E-state index contributed by atoms with van der Waals surface area (Å²) in [6, 6.07) is -0.720. The van der Waals surface area contributed by atoms with Gasteiger partial charge in [0.25, 0.3) is 0 Å². The predicted molar refractivity (Wildman–Crippen MR) is 41.6 cm³/mol. The van der Waals surface area contributed by atoms with Gasteiger partial charge < -0.3 is 10.8 Å². The van der Waals surface area contributed by atoms with Gasteiger partial charge in [0.05, 0.1) is 0 Å². The van der Waals surface area contributed by atoms with E-state index in [1.807, 2.05) is 6.26 Å². The quantitative estimate of drug-likeness (QED) is 0.594. The van der Waals surface area contributed by atoms with Gasteiger partial charge in [-0.1, -0.05) is 21.6 Å². The van der Waals surface area contributed by atoms with E-state index >= 15 is 0 Å². The maximum atomic E-state index is 10.1. The van der Waals surface area contributed by atoms with Gasteiger partial charge in [0.1, 0.15) is 6.04 Å². The normalized spacial score (nSPS) is 13.1. The number of nitrogens with two attached hydrogens (primary N) is 1. The fourth-order valence-electron chi connectivity index (χ4n) is 0.213. The molecule has 3 N–H and O–H groups in total. The topological polar surface area (TPSA) is 63.3 Å². The van der Waals surface area contributed by atoms with E-state index in [-0.39, 0.29) is 0 Å². The van der Waals surface area contributed by atoms with Crippen molar-refractivity contribution in [1.82, 2.24) is 0 Å². The number of hydrogen-bond donors (Lipinski definition) is 2. The van der Waals surface area contributed by atoms with Gasteiger partial charge >= 0.3 is 5.97 Å². The van der Waals surface area contributed by atoms with Gasteiger partial charge in [-0.05, 0) is 6.26 Å². The van der Waals surface area contributed by atoms with Crippen LogP contribution in [0.15, 0.2) is 0 Å². The Morgan fingerprint density at radius 3 is 2.78 bits per heavy atom. The first kappa shape index (κ1) is 9.13. The predicted octanol–water partition coefficient (Wildman–Crippen LogP) is 0.410. The summed E-state index contributed by atoms with van der Waals surface area (Å²) in [7, 11) is 2.98. The molecular formula is C4H9NO2S2. The zero-order valence-corrected chi connectivity index (χ0v) is 6.67. The van der Waals surface area contributed by atoms with Crippen molar-refractivity contribution in [3.63, 3.8) is 0 Å². The highest BCUT2D eigenvalue weighted by Gasteiger charge is 2.09. The van der Waals surface area contributed by atoms with E-state index in [2.05, 4.69) is 0 Å². The van der Waals surface area contributed by atoms with E-state index in [4.69, 9.17) is 10.8 Å². The molecule has 0 amide bonds. The minimum absolute atomic E-state index is 0.469. The van der Waals surface area contributed by atoms with Crippen LogP contribution in [0.25, 0.3) is 0 Å². The number of carbonyl (C=O) groups is 1. The molecule has 3 nitrogen and oxygen atoms in total. The van der Waals surface area contributed by atoms with Gasteiger partial charge in [-0.15, -0.1) is 0 Å². The monoisotopic (exact) mass is 167 g/mol. The van der Waals surface area contributed by atoms with Crippen molar-refractivity contribution >= 4 is 27.6 Å². The van der Waals surface area contributed by atoms with Gasteiger partial charge in [0.15, 0.2) is 0 Å². The van der Waals surface area contributed by atoms with Crippen LogP contribution in [-0.2, 0) is 4.79 Å². The molecule has 0 unspecified atom stereocenters. The summed E-state index contributed by atoms with van der Waals surface area (Å²) in [6.45, 7) is 0. The molecule has 0 spiro atoms. The van der Waals surface area contributed by atoms with Crippen molar-refractivity contribution in [3.05, 3.63) is 0 Å². The highest BCUT2D eigenvalue weighted by molar-refractivity contribution is 8.76. The Labute approximate surface area is 61.8 Å². The molecule has 1 atom stereocenters. The number of carboxylic acids is 1. The van der Waals surface area contributed by atoms with Crippen molar-refractivity contribution in [3.8, 4) is 0 Å². The lowest BCUT2D eigenvalue weighted by Gasteiger charge is -2.01. The van der Waals surface area contributed by atoms with Crippen molar-refractivity contribution in [1.29, 1.82) is 0 Å². The second kappa shape index (κ2) is 4.96. The molecule has 0 rings (SSSR count). The molecule has 0 saturated heterocycles. The van der Waals surface area contributed by atoms with Crippen LogP contribution >= 0.6 is 21.6 Å². The first-order valence-electron chi connectivity index (χ1n) is 2.32. The highest BCUT2D eigenvalue weighted by Crippen LogP contribution is 2.16. The van der Waals surface area contributed by atoms with Crippen LogP contribution < -0.4 is 5.73 Å². The van der Waals surface area contributed by atoms with Crippen LogP contribution in [0, 0.1) is 0 Å². The zero-order valence-electron chi connectivity index (χ0n) is 5.03. The Bertz CT molecular complexity index is 98.6. The van der Waals surface area contributed by atoms with E-state index in [1.54, 1.807) is 0 Å². The number of rotatable bonds is 4. The highest BCUT2D eigenvalue weighted by atomic mass is 33.1. The summed E-state index contributed by atoms with van der Waals surface area (Å²) < 4.78 is 0. The molecule has 0 aromatic rings. The van der Waals surface area contributed by atoms with Gasteiger partial charge in [-0.25, -0.2) is 0 Å². The molecule has 0 aliphatic carbocycles. The summed E-state index contributed by atoms with van der Waals surface area (Å²) in [5.74, 6) is -0.465. The summed E-state index contributed by atoms with van der Waals surface area (Å²) >= 11 is 0. The standard InChI is InChI=1S/C4H9NO2S2/c1-8-9-2-3(5)4(6)7/h3H,2,5H2,1H3,(H,6,7)/t3-/m0/s1. The molecule has 9 heavy (non-hydrogen) atoms. The smallest absolute Gasteiger partial charge is 0.321 e. The lowest BCUT2D eigenvalue weighted by Crippen LogP contribution is -2.32. The summed E-state index contributed by atoms with van der Waals surface area (Å²) in [5.41, 5.74) is 5.17. The molecule has 5 heteroatoms. The first-order valence-corrected chi connectivity index (χ1v) is 5.05. The van der Waals surface area contributed by atoms with Gasteiger partial charge in [-0.2, -0.15) is 0 Å². The Morgan fingerprint density at radius 2 is 2.44 bits per heavy atom. The van der Waals surface area contributed by atoms with Gasteiger partial charge in [-0.3, -0.25) is 4.79 Å². The van der Waals surface area contributed by atoms with E-state index in [9.17, 15) is 4.79 Å². The number of carboxylic acid groups (broad SMARTS) is 1. The largest absolute Gasteiger partial charge is 0.480 e. The summed E-state index contributed by atoms with van der Waals surface area (Å²) in [5, 5.41) is 8.26. The van der Waals surface area contributed by atoms with Crippen LogP contribution in [-0.4, -0.2) is 29.1 Å². The molecule has 0 fully saturated rings. The molecule has 54 valence electrons. The molecule has 0 aromatic heterocycles. The van der Waals surface area contributed by atoms with Gasteiger partial charge in [0.2, 0.25) is 0 Å². The first-order chi connectivity index (χ1) is 4.18. The average Bonchev–Trinajstić information content (AvgIpc) is 1.82. The average molecular weight is 167 g/mol. The summed E-state index contributed by atoms with van der Waals surface area (Å²) in [4.78, 5) is 10.1. The maximum absolute atomic E-state index is 10.1. The molecule has 0 aliphatic rings. The Balaban J connectivity index is 3.27. The van der Waals surface area contributed by atoms with E-state index in [1.165, 1.54) is 21.6 Å². The Morgan fingerprint density at radius 1 is 1.89 bits per heavy atom. The van der Waals surface area contributed by atoms with Crippen LogP contribution in [0.5, 0.6) is 0 Å². The van der Waals surface area contributed by atoms with Gasteiger partial charge in [0, 0.05) is 5.75 Å². The molecule has 0 bridgehead atoms. The molecular weight excluding hydrogens is 158 g/mol. The second-order valence-electron chi connectivity index (χ2n) is 1.40. The van der Waals surface area contributed by atoms with E-state index < -0.39 is 12.0 Å². The molecule has 0 aliphatic heterocycles. The third-order valence-electron chi connectivity index (χ3n) is 0.683. The molecule has 0 radical (unpaired) electrons. The number of aliphatic carboxylic acids is 1. The minimum Gasteiger partial charge on any atom is -0.480 e. The van der Waals surface area contributed by atoms with Crippen LogP contribution in [0.2, 0.25) is 0 Å². The fraction of sp³-hybridized carbons (Fsp3) is 0.750. The molecule has 0 saturated carbocycles. The van der Waals surface area contributed by atoms with Crippen molar-refractivity contribution in [2.75, 3.05) is 12.0 Å². The lowest BCUT2D eigenvalue weighted by molar-refractivity contribution is -0.137. The van der Waals surface area contributed by atoms with Crippen molar-refractivity contribution in [2.24, 2.45) is 5.73 Å². The molecule has 0 heterocycles. The third-order valence-corrected chi connectivity index (χ3v) is 2.53. The van der Waals surface area contributed by atoms with Crippen LogP contribution in [0.3, 0.4) is 0 Å².